The fourth-order valence-corrected chi connectivity index (χ4v) is 3.39. The number of aryl methyl sites for hydroxylation is 1. The van der Waals surface area contributed by atoms with Crippen LogP contribution in [0.3, 0.4) is 0 Å². The largest absolute Gasteiger partial charge is 0.451 e. The summed E-state index contributed by atoms with van der Waals surface area (Å²) in [4.78, 5) is 13.5. The number of hydrogen-bond donors (Lipinski definition) is 0. The Labute approximate surface area is 142 Å². The lowest BCUT2D eigenvalue weighted by Crippen LogP contribution is -2.47. The first-order chi connectivity index (χ1) is 11.6. The van der Waals surface area contributed by atoms with Crippen molar-refractivity contribution in [3.63, 3.8) is 0 Å². The maximum absolute atomic E-state index is 5.80. The molecule has 1 fully saturated rings. The van der Waals surface area contributed by atoms with Gasteiger partial charge in [0.25, 0.3) is 0 Å². The van der Waals surface area contributed by atoms with E-state index in [9.17, 15) is 0 Å². The second-order valence-corrected chi connectivity index (χ2v) is 6.33. The van der Waals surface area contributed by atoms with E-state index in [1.807, 2.05) is 26.1 Å². The maximum atomic E-state index is 5.80. The van der Waals surface area contributed by atoms with Crippen LogP contribution in [0.1, 0.15) is 18.2 Å². The minimum Gasteiger partial charge on any atom is -0.451 e. The van der Waals surface area contributed by atoms with Crippen LogP contribution < -0.4 is 19.3 Å². The van der Waals surface area contributed by atoms with E-state index in [1.165, 1.54) is 5.69 Å². The summed E-state index contributed by atoms with van der Waals surface area (Å²) in [5, 5.41) is 0. The molecule has 0 saturated carbocycles. The summed E-state index contributed by atoms with van der Waals surface area (Å²) < 4.78 is 11.4. The number of nitrogens with zero attached hydrogens (tertiary/aromatic N) is 4. The van der Waals surface area contributed by atoms with Crippen molar-refractivity contribution in [2.75, 3.05) is 36.0 Å². The minimum absolute atomic E-state index is 0.203. The molecule has 1 saturated heterocycles. The molecular weight excluding hydrogens is 304 g/mol. The van der Waals surface area contributed by atoms with Crippen LogP contribution in [0.2, 0.25) is 0 Å². The predicted molar refractivity (Wildman–Crippen MR) is 93.1 cm³/mol. The van der Waals surface area contributed by atoms with Crippen molar-refractivity contribution < 1.29 is 9.47 Å². The van der Waals surface area contributed by atoms with Crippen molar-refractivity contribution in [1.82, 2.24) is 9.97 Å². The van der Waals surface area contributed by atoms with Gasteiger partial charge in [0.2, 0.25) is 6.29 Å². The molecule has 2 aliphatic rings. The summed E-state index contributed by atoms with van der Waals surface area (Å²) in [5.41, 5.74) is 3.33. The van der Waals surface area contributed by atoms with Gasteiger partial charge in [0.15, 0.2) is 11.5 Å². The Hall–Kier alpha value is -2.50. The Kier molecular flexibility index (Phi) is 3.67. The van der Waals surface area contributed by atoms with Gasteiger partial charge >= 0.3 is 0 Å². The first kappa shape index (κ1) is 15.1. The van der Waals surface area contributed by atoms with Gasteiger partial charge in [-0.1, -0.05) is 0 Å². The van der Waals surface area contributed by atoms with Crippen LogP contribution in [-0.4, -0.2) is 42.4 Å². The van der Waals surface area contributed by atoms with Gasteiger partial charge in [-0.3, -0.25) is 4.98 Å². The lowest BCUT2D eigenvalue weighted by atomic mass is 10.1. The molecule has 0 N–H and O–H groups in total. The average molecular weight is 326 g/mol. The highest BCUT2D eigenvalue weighted by Gasteiger charge is 2.26. The highest BCUT2D eigenvalue weighted by atomic mass is 16.7. The number of benzene rings is 1. The zero-order chi connectivity index (χ0) is 16.7. The summed E-state index contributed by atoms with van der Waals surface area (Å²) in [5.74, 6) is 2.69. The number of aromatic nitrogens is 2. The molecule has 126 valence electrons. The van der Waals surface area contributed by atoms with Crippen molar-refractivity contribution in [3.8, 4) is 11.5 Å². The van der Waals surface area contributed by atoms with Crippen LogP contribution in [0, 0.1) is 13.8 Å². The number of anilines is 2. The van der Waals surface area contributed by atoms with Gasteiger partial charge in [-0.25, -0.2) is 4.98 Å². The first-order valence-electron chi connectivity index (χ1n) is 8.37. The molecule has 0 spiro atoms. The van der Waals surface area contributed by atoms with E-state index in [-0.39, 0.29) is 6.29 Å². The van der Waals surface area contributed by atoms with Crippen molar-refractivity contribution in [2.24, 2.45) is 0 Å². The molecule has 4 rings (SSSR count). The van der Waals surface area contributed by atoms with E-state index in [0.29, 0.717) is 0 Å². The SMILES string of the molecule is Cc1cncc(N2CCN(c3ccc4c(c3C)OC(C)O4)CC2)n1. The monoisotopic (exact) mass is 326 g/mol. The summed E-state index contributed by atoms with van der Waals surface area (Å²) >= 11 is 0. The zero-order valence-corrected chi connectivity index (χ0v) is 14.3. The van der Waals surface area contributed by atoms with E-state index >= 15 is 0 Å². The molecule has 1 aromatic heterocycles. The van der Waals surface area contributed by atoms with Crippen molar-refractivity contribution >= 4 is 11.5 Å². The number of piperazine rings is 1. The van der Waals surface area contributed by atoms with Crippen LogP contribution in [0.5, 0.6) is 11.5 Å². The molecule has 24 heavy (non-hydrogen) atoms. The predicted octanol–water partition coefficient (Wildman–Crippen LogP) is 2.54. The third-order valence-corrected chi connectivity index (χ3v) is 4.60. The standard InChI is InChI=1S/C18H22N4O2/c1-12-10-19-11-17(20-12)22-8-6-21(7-9-22)15-4-5-16-18(13(15)2)24-14(3)23-16/h4-5,10-11,14H,6-9H2,1-3H3. The van der Waals surface area contributed by atoms with Gasteiger partial charge in [0.1, 0.15) is 5.82 Å². The summed E-state index contributed by atoms with van der Waals surface area (Å²) in [6, 6.07) is 4.15. The lowest BCUT2D eigenvalue weighted by molar-refractivity contribution is 0.0675. The molecule has 1 atom stereocenters. The van der Waals surface area contributed by atoms with E-state index in [1.54, 1.807) is 6.20 Å². The van der Waals surface area contributed by atoms with Gasteiger partial charge < -0.3 is 19.3 Å². The topological polar surface area (TPSA) is 50.7 Å². The Balaban J connectivity index is 1.50. The van der Waals surface area contributed by atoms with Gasteiger partial charge in [-0.05, 0) is 26.0 Å². The second-order valence-electron chi connectivity index (χ2n) is 6.33. The van der Waals surface area contributed by atoms with E-state index in [2.05, 4.69) is 32.8 Å². The molecule has 1 aromatic carbocycles. The average Bonchev–Trinajstić information content (AvgIpc) is 2.97. The fourth-order valence-electron chi connectivity index (χ4n) is 3.39. The van der Waals surface area contributed by atoms with E-state index < -0.39 is 0 Å². The van der Waals surface area contributed by atoms with Gasteiger partial charge in [-0.2, -0.15) is 0 Å². The highest BCUT2D eigenvalue weighted by Crippen LogP contribution is 2.42. The van der Waals surface area contributed by atoms with Crippen molar-refractivity contribution in [3.05, 3.63) is 35.8 Å². The summed E-state index contributed by atoms with van der Waals surface area (Å²) in [6.45, 7) is 9.76. The van der Waals surface area contributed by atoms with Crippen LogP contribution in [0.4, 0.5) is 11.5 Å². The van der Waals surface area contributed by atoms with Crippen molar-refractivity contribution in [1.29, 1.82) is 0 Å². The molecule has 2 aliphatic heterocycles. The third kappa shape index (κ3) is 2.62. The number of rotatable bonds is 2. The molecule has 0 radical (unpaired) electrons. The van der Waals surface area contributed by atoms with Gasteiger partial charge in [-0.15, -0.1) is 0 Å². The fraction of sp³-hybridized carbons (Fsp3) is 0.444. The maximum Gasteiger partial charge on any atom is 0.238 e. The first-order valence-corrected chi connectivity index (χ1v) is 8.37. The quantitative estimate of drug-likeness (QED) is 0.845. The Morgan fingerprint density at radius 3 is 2.50 bits per heavy atom. The van der Waals surface area contributed by atoms with E-state index in [4.69, 9.17) is 9.47 Å². The van der Waals surface area contributed by atoms with Crippen molar-refractivity contribution in [2.45, 2.75) is 27.1 Å². The molecule has 1 unspecified atom stereocenters. The zero-order valence-electron chi connectivity index (χ0n) is 14.3. The van der Waals surface area contributed by atoms with Crippen LogP contribution in [0.25, 0.3) is 0 Å². The Morgan fingerprint density at radius 2 is 1.75 bits per heavy atom. The molecule has 3 heterocycles. The minimum atomic E-state index is -0.203. The van der Waals surface area contributed by atoms with Gasteiger partial charge in [0.05, 0.1) is 11.9 Å². The molecule has 0 amide bonds. The van der Waals surface area contributed by atoms with Gasteiger partial charge in [0, 0.05) is 50.6 Å². The molecule has 2 aromatic rings. The molecule has 0 aliphatic carbocycles. The number of fused-ring (bicyclic) bond motifs is 1. The number of hydrogen-bond acceptors (Lipinski definition) is 6. The van der Waals surface area contributed by atoms with Crippen LogP contribution in [-0.2, 0) is 0 Å². The lowest BCUT2D eigenvalue weighted by Gasteiger charge is -2.37. The third-order valence-electron chi connectivity index (χ3n) is 4.60. The Bertz CT molecular complexity index is 757. The normalized spacial score (nSPS) is 19.7. The second kappa shape index (κ2) is 5.85. The molecular formula is C18H22N4O2. The summed E-state index contributed by atoms with van der Waals surface area (Å²) in [6.07, 6.45) is 3.43. The van der Waals surface area contributed by atoms with E-state index in [0.717, 1.165) is 54.8 Å². The summed E-state index contributed by atoms with van der Waals surface area (Å²) in [7, 11) is 0. The molecule has 6 nitrogen and oxygen atoms in total. The smallest absolute Gasteiger partial charge is 0.238 e. The molecule has 6 heteroatoms. The highest BCUT2D eigenvalue weighted by molar-refractivity contribution is 5.65. The van der Waals surface area contributed by atoms with Crippen LogP contribution in [0.15, 0.2) is 24.5 Å². The van der Waals surface area contributed by atoms with Crippen LogP contribution >= 0.6 is 0 Å². The Morgan fingerprint density at radius 1 is 1.00 bits per heavy atom. The molecule has 0 bridgehead atoms. The number of ether oxygens (including phenoxy) is 2.